The molecule has 1 N–H and O–H groups in total. The first-order valence-electron chi connectivity index (χ1n) is 6.68. The van der Waals surface area contributed by atoms with E-state index in [9.17, 15) is 14.9 Å². The molecular formula is C14H19N3O3. The molecule has 0 radical (unpaired) electrons. The van der Waals surface area contributed by atoms with Gasteiger partial charge in [-0.3, -0.25) is 14.9 Å². The maximum Gasteiger partial charge on any atom is 0.269 e. The molecular weight excluding hydrogens is 258 g/mol. The molecule has 6 nitrogen and oxygen atoms in total. The van der Waals surface area contributed by atoms with E-state index in [-0.39, 0.29) is 17.5 Å². The second-order valence-corrected chi connectivity index (χ2v) is 5.36. The van der Waals surface area contributed by atoms with Gasteiger partial charge in [0.1, 0.15) is 0 Å². The second kappa shape index (κ2) is 6.00. The van der Waals surface area contributed by atoms with Crippen LogP contribution in [0.25, 0.3) is 0 Å². The Morgan fingerprint density at radius 3 is 2.85 bits per heavy atom. The van der Waals surface area contributed by atoms with Crippen LogP contribution in [0.2, 0.25) is 0 Å². The average molecular weight is 277 g/mol. The van der Waals surface area contributed by atoms with Gasteiger partial charge in [-0.15, -0.1) is 0 Å². The Morgan fingerprint density at radius 2 is 2.25 bits per heavy atom. The summed E-state index contributed by atoms with van der Waals surface area (Å²) in [5.74, 6) is 0.419. The van der Waals surface area contributed by atoms with Crippen molar-refractivity contribution in [3.63, 3.8) is 0 Å². The molecule has 2 atom stereocenters. The molecule has 1 aliphatic rings. The molecule has 2 rings (SSSR count). The Balaban J connectivity index is 2.03. The fourth-order valence-electron chi connectivity index (χ4n) is 2.54. The molecule has 1 fully saturated rings. The highest BCUT2D eigenvalue weighted by Gasteiger charge is 2.31. The van der Waals surface area contributed by atoms with Crippen LogP contribution >= 0.6 is 0 Å². The van der Waals surface area contributed by atoms with Crippen molar-refractivity contribution in [1.82, 2.24) is 10.2 Å². The van der Waals surface area contributed by atoms with Crippen molar-refractivity contribution in [2.75, 3.05) is 20.1 Å². The number of carbonyl (C=O) groups excluding carboxylic acids is 1. The van der Waals surface area contributed by atoms with Crippen molar-refractivity contribution < 1.29 is 9.72 Å². The number of carbonyl (C=O) groups is 1. The third-order valence-corrected chi connectivity index (χ3v) is 3.75. The topological polar surface area (TPSA) is 75.5 Å². The van der Waals surface area contributed by atoms with Gasteiger partial charge in [0.15, 0.2) is 0 Å². The number of non-ortho nitro benzene ring substituents is 1. The Morgan fingerprint density at radius 1 is 1.50 bits per heavy atom. The maximum atomic E-state index is 12.3. The summed E-state index contributed by atoms with van der Waals surface area (Å²) in [4.78, 5) is 24.3. The zero-order valence-corrected chi connectivity index (χ0v) is 11.7. The lowest BCUT2D eigenvalue weighted by atomic mass is 9.96. The number of hydrogen-bond donors (Lipinski definition) is 1. The number of nitrogens with one attached hydrogen (secondary N) is 1. The third-order valence-electron chi connectivity index (χ3n) is 3.75. The lowest BCUT2D eigenvalue weighted by Crippen LogP contribution is -2.35. The fourth-order valence-corrected chi connectivity index (χ4v) is 2.54. The van der Waals surface area contributed by atoms with Crippen molar-refractivity contribution in [3.8, 4) is 0 Å². The van der Waals surface area contributed by atoms with Crippen LogP contribution in [0.15, 0.2) is 24.3 Å². The lowest BCUT2D eigenvalue weighted by Gasteiger charge is -2.23. The minimum Gasteiger partial charge on any atom is -0.341 e. The van der Waals surface area contributed by atoms with Gasteiger partial charge >= 0.3 is 0 Å². The molecule has 0 aromatic heterocycles. The normalized spacial score (nSPS) is 21.7. The van der Waals surface area contributed by atoms with Crippen LogP contribution in [0.5, 0.6) is 0 Å². The van der Waals surface area contributed by atoms with E-state index in [1.165, 1.54) is 12.1 Å². The minimum absolute atomic E-state index is 0.00121. The van der Waals surface area contributed by atoms with Crippen molar-refractivity contribution in [3.05, 3.63) is 39.9 Å². The van der Waals surface area contributed by atoms with E-state index in [1.807, 2.05) is 0 Å². The van der Waals surface area contributed by atoms with Crippen LogP contribution in [0.4, 0.5) is 5.69 Å². The molecule has 0 spiro atoms. The standard InChI is InChI=1S/C14H19N3O3/c1-10-7-15-8-13(10)14(18)16(2)9-11-4-3-5-12(6-11)17(19)20/h3-6,10,13,15H,7-9H2,1-2H3/t10-,13-/m1/s1. The minimum atomic E-state index is -0.422. The molecule has 0 saturated carbocycles. The van der Waals surface area contributed by atoms with Gasteiger partial charge in [-0.2, -0.15) is 0 Å². The van der Waals surface area contributed by atoms with E-state index in [1.54, 1.807) is 24.1 Å². The van der Waals surface area contributed by atoms with Crippen LogP contribution in [-0.4, -0.2) is 35.9 Å². The number of nitro groups is 1. The molecule has 1 aliphatic heterocycles. The first kappa shape index (κ1) is 14.5. The van der Waals surface area contributed by atoms with Gasteiger partial charge in [0.05, 0.1) is 10.8 Å². The summed E-state index contributed by atoms with van der Waals surface area (Å²) >= 11 is 0. The number of benzene rings is 1. The van der Waals surface area contributed by atoms with Gasteiger partial charge in [0, 0.05) is 32.3 Å². The molecule has 0 unspecified atom stereocenters. The number of amides is 1. The summed E-state index contributed by atoms with van der Waals surface area (Å²) in [6.07, 6.45) is 0. The molecule has 1 heterocycles. The summed E-state index contributed by atoms with van der Waals surface area (Å²) in [6.45, 7) is 4.02. The second-order valence-electron chi connectivity index (χ2n) is 5.36. The predicted octanol–water partition coefficient (Wildman–Crippen LogP) is 1.41. The van der Waals surface area contributed by atoms with Crippen LogP contribution in [-0.2, 0) is 11.3 Å². The van der Waals surface area contributed by atoms with Gasteiger partial charge in [-0.05, 0) is 18.0 Å². The zero-order valence-electron chi connectivity index (χ0n) is 11.7. The third kappa shape index (κ3) is 3.14. The van der Waals surface area contributed by atoms with Crippen molar-refractivity contribution in [2.24, 2.45) is 11.8 Å². The number of nitro benzene ring substituents is 1. The smallest absolute Gasteiger partial charge is 0.269 e. The molecule has 1 aromatic rings. The van der Waals surface area contributed by atoms with Crippen LogP contribution in [0.1, 0.15) is 12.5 Å². The van der Waals surface area contributed by atoms with Gasteiger partial charge in [-0.1, -0.05) is 19.1 Å². The maximum absolute atomic E-state index is 12.3. The van der Waals surface area contributed by atoms with Crippen molar-refractivity contribution >= 4 is 11.6 Å². The van der Waals surface area contributed by atoms with E-state index in [0.29, 0.717) is 19.0 Å². The largest absolute Gasteiger partial charge is 0.341 e. The SMILES string of the molecule is C[C@@H]1CNC[C@H]1C(=O)N(C)Cc1cccc([N+](=O)[O-])c1. The molecule has 6 heteroatoms. The molecule has 1 saturated heterocycles. The summed E-state index contributed by atoms with van der Waals surface area (Å²) < 4.78 is 0. The van der Waals surface area contributed by atoms with E-state index in [0.717, 1.165) is 12.1 Å². The molecule has 20 heavy (non-hydrogen) atoms. The van der Waals surface area contributed by atoms with E-state index in [2.05, 4.69) is 12.2 Å². The first-order valence-corrected chi connectivity index (χ1v) is 6.68. The van der Waals surface area contributed by atoms with Crippen molar-refractivity contribution in [2.45, 2.75) is 13.5 Å². The first-order chi connectivity index (χ1) is 9.49. The Labute approximate surface area is 117 Å². The predicted molar refractivity (Wildman–Crippen MR) is 75.1 cm³/mol. The summed E-state index contributed by atoms with van der Waals surface area (Å²) in [6, 6.07) is 6.41. The highest BCUT2D eigenvalue weighted by Crippen LogP contribution is 2.20. The zero-order chi connectivity index (χ0) is 14.7. The highest BCUT2D eigenvalue weighted by molar-refractivity contribution is 5.79. The van der Waals surface area contributed by atoms with E-state index >= 15 is 0 Å². The monoisotopic (exact) mass is 277 g/mol. The lowest BCUT2D eigenvalue weighted by molar-refractivity contribution is -0.384. The molecule has 108 valence electrons. The van der Waals surface area contributed by atoms with Gasteiger partial charge in [0.25, 0.3) is 5.69 Å². The fraction of sp³-hybridized carbons (Fsp3) is 0.500. The molecule has 1 amide bonds. The Kier molecular flexibility index (Phi) is 4.34. The quantitative estimate of drug-likeness (QED) is 0.667. The van der Waals surface area contributed by atoms with Gasteiger partial charge in [-0.25, -0.2) is 0 Å². The molecule has 1 aromatic carbocycles. The average Bonchev–Trinajstić information content (AvgIpc) is 2.84. The number of hydrogen-bond acceptors (Lipinski definition) is 4. The highest BCUT2D eigenvalue weighted by atomic mass is 16.6. The van der Waals surface area contributed by atoms with Crippen LogP contribution in [0, 0.1) is 22.0 Å². The van der Waals surface area contributed by atoms with Crippen molar-refractivity contribution in [1.29, 1.82) is 0 Å². The van der Waals surface area contributed by atoms with E-state index < -0.39 is 4.92 Å². The molecule has 0 aliphatic carbocycles. The van der Waals surface area contributed by atoms with Crippen LogP contribution in [0.3, 0.4) is 0 Å². The number of rotatable bonds is 4. The van der Waals surface area contributed by atoms with E-state index in [4.69, 9.17) is 0 Å². The van der Waals surface area contributed by atoms with Gasteiger partial charge < -0.3 is 10.2 Å². The molecule has 0 bridgehead atoms. The summed E-state index contributed by atoms with van der Waals surface area (Å²) in [7, 11) is 1.74. The Hall–Kier alpha value is -1.95. The summed E-state index contributed by atoms with van der Waals surface area (Å²) in [5, 5.41) is 14.0. The van der Waals surface area contributed by atoms with Crippen LogP contribution < -0.4 is 5.32 Å². The van der Waals surface area contributed by atoms with Gasteiger partial charge in [0.2, 0.25) is 5.91 Å². The summed E-state index contributed by atoms with van der Waals surface area (Å²) in [5.41, 5.74) is 0.827. The number of nitrogens with zero attached hydrogens (tertiary/aromatic N) is 2. The Bertz CT molecular complexity index is 518.